The summed E-state index contributed by atoms with van der Waals surface area (Å²) in [4.78, 5) is 43.2. The molecule has 4 rings (SSSR count). The van der Waals surface area contributed by atoms with Gasteiger partial charge < -0.3 is 5.32 Å². The van der Waals surface area contributed by atoms with E-state index in [-0.39, 0.29) is 17.2 Å². The number of aryl methyl sites for hydroxylation is 1. The number of anilines is 1. The molecule has 34 heavy (non-hydrogen) atoms. The number of amides is 1. The molecule has 172 valence electrons. The summed E-state index contributed by atoms with van der Waals surface area (Å²) in [5.74, 6) is 0.0937. The number of H-pyrrole nitrogens is 1. The molecule has 4 aromatic rings. The molecule has 0 radical (unpaired) electrons. The lowest BCUT2D eigenvalue weighted by atomic mass is 10.2. The summed E-state index contributed by atoms with van der Waals surface area (Å²) >= 11 is 1.49. The van der Waals surface area contributed by atoms with Gasteiger partial charge in [0.2, 0.25) is 11.9 Å². The van der Waals surface area contributed by atoms with E-state index in [0.29, 0.717) is 29.2 Å². The van der Waals surface area contributed by atoms with Crippen molar-refractivity contribution in [1.29, 1.82) is 0 Å². The van der Waals surface area contributed by atoms with Crippen LogP contribution in [-0.4, -0.2) is 30.6 Å². The molecule has 0 saturated heterocycles. The number of carbonyl (C=O) groups is 1. The Morgan fingerprint density at radius 2 is 2.06 bits per heavy atom. The first-order valence-electron chi connectivity index (χ1n) is 10.4. The molecule has 0 saturated carbocycles. The Balaban J connectivity index is 1.63. The number of aromatic nitrogens is 4. The molecule has 0 unspecified atom stereocenters. The fourth-order valence-corrected chi connectivity index (χ4v) is 3.88. The van der Waals surface area contributed by atoms with Gasteiger partial charge in [0, 0.05) is 36.0 Å². The minimum atomic E-state index is -0.486. The highest BCUT2D eigenvalue weighted by Crippen LogP contribution is 2.27. The van der Waals surface area contributed by atoms with Gasteiger partial charge in [0.1, 0.15) is 11.5 Å². The highest BCUT2D eigenvalue weighted by molar-refractivity contribution is 7.13. The van der Waals surface area contributed by atoms with Crippen molar-refractivity contribution in [1.82, 2.24) is 19.7 Å². The molecule has 0 atom stereocenters. The fraction of sp³-hybridized carbons (Fsp3) is 0.130. The van der Waals surface area contributed by atoms with E-state index in [1.54, 1.807) is 24.3 Å². The Kier molecular flexibility index (Phi) is 6.74. The molecule has 3 heterocycles. The zero-order chi connectivity index (χ0) is 24.1. The number of carbonyl (C=O) groups excluding carboxylic acids is 1. The average molecular weight is 477 g/mol. The number of non-ortho nitro benzene ring substituents is 1. The molecule has 3 aromatic heterocycles. The van der Waals surface area contributed by atoms with E-state index in [1.165, 1.54) is 40.3 Å². The first-order chi connectivity index (χ1) is 16.4. The Morgan fingerprint density at radius 3 is 2.74 bits per heavy atom. The van der Waals surface area contributed by atoms with E-state index in [9.17, 15) is 19.7 Å². The third-order valence-corrected chi connectivity index (χ3v) is 5.65. The lowest BCUT2D eigenvalue weighted by Crippen LogP contribution is -2.18. The van der Waals surface area contributed by atoms with Crippen molar-refractivity contribution in [2.75, 3.05) is 5.32 Å². The van der Waals surface area contributed by atoms with E-state index >= 15 is 0 Å². The Morgan fingerprint density at radius 1 is 1.26 bits per heavy atom. The molecule has 1 amide bonds. The molecule has 0 aliphatic carbocycles. The maximum Gasteiger partial charge on any atom is 0.269 e. The first-order valence-corrected chi connectivity index (χ1v) is 11.3. The summed E-state index contributed by atoms with van der Waals surface area (Å²) in [6.07, 6.45) is 4.32. The van der Waals surface area contributed by atoms with Crippen molar-refractivity contribution in [3.8, 4) is 16.5 Å². The summed E-state index contributed by atoms with van der Waals surface area (Å²) in [7, 11) is 0. The largest absolute Gasteiger partial charge is 0.307 e. The van der Waals surface area contributed by atoms with Gasteiger partial charge >= 0.3 is 0 Å². The number of thiophene rings is 1. The molecule has 11 heteroatoms. The monoisotopic (exact) mass is 476 g/mol. The van der Waals surface area contributed by atoms with Crippen LogP contribution in [0, 0.1) is 10.1 Å². The maximum atomic E-state index is 12.6. The van der Waals surface area contributed by atoms with Crippen molar-refractivity contribution in [3.05, 3.63) is 91.7 Å². The molecular formula is C23H20N6O4S. The number of rotatable bonds is 8. The molecule has 10 nitrogen and oxygen atoms in total. The van der Waals surface area contributed by atoms with E-state index in [2.05, 4.69) is 20.4 Å². The number of benzene rings is 1. The van der Waals surface area contributed by atoms with Crippen LogP contribution in [0.1, 0.15) is 24.6 Å². The van der Waals surface area contributed by atoms with Crippen molar-refractivity contribution in [2.45, 2.75) is 19.8 Å². The quantitative estimate of drug-likeness (QED) is 0.222. The molecule has 0 aliphatic rings. The third-order valence-electron chi connectivity index (χ3n) is 4.75. The molecule has 2 N–H and O–H groups in total. The van der Waals surface area contributed by atoms with E-state index in [1.807, 2.05) is 24.4 Å². The van der Waals surface area contributed by atoms with Crippen LogP contribution in [-0.2, 0) is 11.2 Å². The predicted octanol–water partition coefficient (Wildman–Crippen LogP) is 4.20. The lowest BCUT2D eigenvalue weighted by Gasteiger charge is -2.08. The van der Waals surface area contributed by atoms with Gasteiger partial charge in [-0.15, -0.1) is 11.3 Å². The fourth-order valence-electron chi connectivity index (χ4n) is 3.20. The zero-order valence-corrected chi connectivity index (χ0v) is 18.9. The lowest BCUT2D eigenvalue weighted by molar-refractivity contribution is -0.384. The van der Waals surface area contributed by atoms with Gasteiger partial charge in [-0.2, -0.15) is 9.78 Å². The Labute approximate surface area is 197 Å². The molecular weight excluding hydrogens is 456 g/mol. The van der Waals surface area contributed by atoms with Crippen LogP contribution >= 0.6 is 11.3 Å². The van der Waals surface area contributed by atoms with E-state index in [0.717, 1.165) is 11.3 Å². The van der Waals surface area contributed by atoms with Gasteiger partial charge in [-0.3, -0.25) is 24.7 Å². The number of aromatic amines is 1. The van der Waals surface area contributed by atoms with Crippen molar-refractivity contribution >= 4 is 34.8 Å². The second-order valence-electron chi connectivity index (χ2n) is 7.29. The van der Waals surface area contributed by atoms with Gasteiger partial charge in [0.15, 0.2) is 0 Å². The summed E-state index contributed by atoms with van der Waals surface area (Å²) in [5, 5.41) is 20.0. The maximum absolute atomic E-state index is 12.6. The number of hydrogen-bond donors (Lipinski definition) is 2. The summed E-state index contributed by atoms with van der Waals surface area (Å²) in [6, 6.07) is 12.8. The molecule has 0 bridgehead atoms. The molecule has 0 spiro atoms. The van der Waals surface area contributed by atoms with Crippen molar-refractivity contribution in [3.63, 3.8) is 0 Å². The third kappa shape index (κ3) is 5.33. The van der Waals surface area contributed by atoms with Gasteiger partial charge in [0.25, 0.3) is 11.2 Å². The minimum absolute atomic E-state index is 0.0293. The number of nitrogens with one attached hydrogen (secondary N) is 2. The second kappa shape index (κ2) is 10.0. The highest BCUT2D eigenvalue weighted by atomic mass is 32.1. The summed E-state index contributed by atoms with van der Waals surface area (Å²) in [5.41, 5.74) is 1.54. The van der Waals surface area contributed by atoms with Gasteiger partial charge in [-0.25, -0.2) is 4.98 Å². The van der Waals surface area contributed by atoms with Crippen LogP contribution < -0.4 is 10.9 Å². The van der Waals surface area contributed by atoms with Crippen LogP contribution in [0.3, 0.4) is 0 Å². The van der Waals surface area contributed by atoms with E-state index in [4.69, 9.17) is 0 Å². The normalized spacial score (nSPS) is 11.1. The number of nitrogens with zero attached hydrogens (tertiary/aromatic N) is 4. The van der Waals surface area contributed by atoms with Gasteiger partial charge in [-0.05, 0) is 41.6 Å². The second-order valence-corrected chi connectivity index (χ2v) is 8.23. The minimum Gasteiger partial charge on any atom is -0.307 e. The van der Waals surface area contributed by atoms with Crippen LogP contribution in [0.15, 0.2) is 64.8 Å². The Hall–Kier alpha value is -4.38. The smallest absolute Gasteiger partial charge is 0.269 e. The standard InChI is InChI=1S/C23H20N6O4S/c1-2-4-16-13-22(31)26-23(24-16)28-20(14-18(27-28)19-5-3-12-34-19)25-21(30)11-8-15-6-9-17(10-7-15)29(32)33/h3,5-14H,2,4H2,1H3,(H,25,30)(H,24,26,31)/b11-8-. The number of nitro benzene ring substituents is 1. The van der Waals surface area contributed by atoms with Gasteiger partial charge in [-0.1, -0.05) is 19.4 Å². The SMILES string of the molecule is CCCc1cc(=O)[nH]c(-n2nc(-c3cccs3)cc2NC(=O)/C=C\c2ccc([N+](=O)[O-])cc2)n1. The van der Waals surface area contributed by atoms with Crippen LogP contribution in [0.25, 0.3) is 22.6 Å². The topological polar surface area (TPSA) is 136 Å². The Bertz CT molecular complexity index is 1400. The van der Waals surface area contributed by atoms with Gasteiger partial charge in [0.05, 0.1) is 9.80 Å². The number of nitro groups is 1. The summed E-state index contributed by atoms with van der Waals surface area (Å²) in [6.45, 7) is 1.99. The average Bonchev–Trinajstić information content (AvgIpc) is 3.48. The van der Waals surface area contributed by atoms with Crippen LogP contribution in [0.2, 0.25) is 0 Å². The number of hydrogen-bond acceptors (Lipinski definition) is 7. The van der Waals surface area contributed by atoms with E-state index < -0.39 is 10.8 Å². The molecule has 0 aliphatic heterocycles. The zero-order valence-electron chi connectivity index (χ0n) is 18.1. The molecule has 0 fully saturated rings. The molecule has 1 aromatic carbocycles. The van der Waals surface area contributed by atoms with Crippen molar-refractivity contribution in [2.24, 2.45) is 0 Å². The van der Waals surface area contributed by atoms with Crippen LogP contribution in [0.4, 0.5) is 11.5 Å². The summed E-state index contributed by atoms with van der Waals surface area (Å²) < 4.78 is 1.40. The predicted molar refractivity (Wildman–Crippen MR) is 130 cm³/mol. The van der Waals surface area contributed by atoms with Crippen molar-refractivity contribution < 1.29 is 9.72 Å². The highest BCUT2D eigenvalue weighted by Gasteiger charge is 2.16. The first kappa shape index (κ1) is 22.8. The van der Waals surface area contributed by atoms with Crippen LogP contribution in [0.5, 0.6) is 0 Å².